The highest BCUT2D eigenvalue weighted by Crippen LogP contribution is 2.39. The van der Waals surface area contributed by atoms with Crippen molar-refractivity contribution in [1.82, 2.24) is 10.6 Å². The molecule has 1 aromatic rings. The first-order valence-electron chi connectivity index (χ1n) is 8.56. The highest BCUT2D eigenvalue weighted by molar-refractivity contribution is 6.35. The molecule has 2 atom stereocenters. The molecule has 0 saturated heterocycles. The van der Waals surface area contributed by atoms with Crippen LogP contribution >= 0.6 is 23.2 Å². The third kappa shape index (κ3) is 4.42. The predicted octanol–water partition coefficient (Wildman–Crippen LogP) is 3.35. The van der Waals surface area contributed by atoms with Gasteiger partial charge in [-0.3, -0.25) is 9.59 Å². The Labute approximate surface area is 152 Å². The molecule has 0 radical (unpaired) electrons. The van der Waals surface area contributed by atoms with Crippen LogP contribution in [0.25, 0.3) is 0 Å². The molecule has 3 rings (SSSR count). The number of halogens is 2. The molecule has 0 spiro atoms. The van der Waals surface area contributed by atoms with Gasteiger partial charge in [0.1, 0.15) is 0 Å². The third-order valence-corrected chi connectivity index (χ3v) is 5.46. The minimum Gasteiger partial charge on any atom is -0.356 e. The van der Waals surface area contributed by atoms with E-state index in [1.165, 1.54) is 12.8 Å². The molecule has 0 aliphatic heterocycles. The second kappa shape index (κ2) is 7.75. The maximum atomic E-state index is 12.1. The molecule has 24 heavy (non-hydrogen) atoms. The standard InChI is InChI=1S/C18H22Cl2N2O2/c19-12-6-5-11(16(20)9-12)7-8-21-17(23)14-10-15(14)18(24)22-13-3-1-2-4-13/h5-6,9,13-15H,1-4,7-8,10H2,(H,21,23)(H,22,24). The smallest absolute Gasteiger partial charge is 0.224 e. The van der Waals surface area contributed by atoms with Crippen molar-refractivity contribution in [2.45, 2.75) is 44.6 Å². The summed E-state index contributed by atoms with van der Waals surface area (Å²) in [5.41, 5.74) is 0.952. The number of carbonyl (C=O) groups is 2. The molecule has 6 heteroatoms. The van der Waals surface area contributed by atoms with E-state index in [-0.39, 0.29) is 23.7 Å². The average Bonchev–Trinajstić information content (AvgIpc) is 3.20. The first-order valence-corrected chi connectivity index (χ1v) is 9.32. The fourth-order valence-corrected chi connectivity index (χ4v) is 3.83. The minimum atomic E-state index is -0.174. The van der Waals surface area contributed by atoms with Gasteiger partial charge in [-0.1, -0.05) is 42.1 Å². The fourth-order valence-electron chi connectivity index (χ4n) is 3.33. The van der Waals surface area contributed by atoms with Gasteiger partial charge in [-0.15, -0.1) is 0 Å². The lowest BCUT2D eigenvalue weighted by molar-refractivity contribution is -0.127. The number of rotatable bonds is 6. The molecular weight excluding hydrogens is 347 g/mol. The number of carbonyl (C=O) groups excluding carboxylic acids is 2. The summed E-state index contributed by atoms with van der Waals surface area (Å²) in [6.07, 6.45) is 5.81. The van der Waals surface area contributed by atoms with Crippen molar-refractivity contribution >= 4 is 35.0 Å². The van der Waals surface area contributed by atoms with E-state index in [9.17, 15) is 9.59 Å². The Bertz CT molecular complexity index is 629. The second-order valence-corrected chi connectivity index (χ2v) is 7.56. The summed E-state index contributed by atoms with van der Waals surface area (Å²) in [6, 6.07) is 5.67. The van der Waals surface area contributed by atoms with E-state index in [0.29, 0.717) is 35.5 Å². The maximum Gasteiger partial charge on any atom is 0.224 e. The molecule has 1 aromatic carbocycles. The summed E-state index contributed by atoms with van der Waals surface area (Å²) in [7, 11) is 0. The number of nitrogens with one attached hydrogen (secondary N) is 2. The van der Waals surface area contributed by atoms with Crippen LogP contribution in [0.15, 0.2) is 18.2 Å². The zero-order valence-electron chi connectivity index (χ0n) is 13.5. The van der Waals surface area contributed by atoms with Gasteiger partial charge in [0.15, 0.2) is 0 Å². The monoisotopic (exact) mass is 368 g/mol. The SMILES string of the molecule is O=C(NCCc1ccc(Cl)cc1Cl)C1CC1C(=O)NC1CCCC1. The van der Waals surface area contributed by atoms with E-state index in [0.717, 1.165) is 18.4 Å². The van der Waals surface area contributed by atoms with Gasteiger partial charge < -0.3 is 10.6 Å². The van der Waals surface area contributed by atoms with Gasteiger partial charge in [0, 0.05) is 22.6 Å². The number of benzene rings is 1. The van der Waals surface area contributed by atoms with Gasteiger partial charge in [-0.25, -0.2) is 0 Å². The quantitative estimate of drug-likeness (QED) is 0.808. The zero-order chi connectivity index (χ0) is 17.1. The van der Waals surface area contributed by atoms with Crippen molar-refractivity contribution < 1.29 is 9.59 Å². The molecule has 2 amide bonds. The van der Waals surface area contributed by atoms with Crippen molar-refractivity contribution in [2.24, 2.45) is 11.8 Å². The van der Waals surface area contributed by atoms with Gasteiger partial charge in [0.25, 0.3) is 0 Å². The highest BCUT2D eigenvalue weighted by Gasteiger charge is 2.48. The Balaban J connectivity index is 1.39. The Hall–Kier alpha value is -1.26. The molecule has 0 heterocycles. The zero-order valence-corrected chi connectivity index (χ0v) is 15.0. The van der Waals surface area contributed by atoms with Crippen LogP contribution in [0, 0.1) is 11.8 Å². The van der Waals surface area contributed by atoms with Crippen LogP contribution in [0.2, 0.25) is 10.0 Å². The number of amides is 2. The summed E-state index contributed by atoms with van der Waals surface area (Å²) >= 11 is 12.0. The predicted molar refractivity (Wildman–Crippen MR) is 95.2 cm³/mol. The topological polar surface area (TPSA) is 58.2 Å². The lowest BCUT2D eigenvalue weighted by atomic mass is 10.1. The van der Waals surface area contributed by atoms with Crippen LogP contribution in [-0.2, 0) is 16.0 Å². The van der Waals surface area contributed by atoms with Crippen LogP contribution < -0.4 is 10.6 Å². The number of hydrogen-bond acceptors (Lipinski definition) is 2. The van der Waals surface area contributed by atoms with Crippen molar-refractivity contribution in [2.75, 3.05) is 6.54 Å². The lowest BCUT2D eigenvalue weighted by Crippen LogP contribution is -2.35. The van der Waals surface area contributed by atoms with Gasteiger partial charge >= 0.3 is 0 Å². The van der Waals surface area contributed by atoms with Crippen LogP contribution in [0.5, 0.6) is 0 Å². The normalized spacial score (nSPS) is 23.1. The van der Waals surface area contributed by atoms with E-state index < -0.39 is 0 Å². The minimum absolute atomic E-state index is 0.0355. The van der Waals surface area contributed by atoms with Gasteiger partial charge in [-0.2, -0.15) is 0 Å². The van der Waals surface area contributed by atoms with E-state index in [2.05, 4.69) is 10.6 Å². The maximum absolute atomic E-state index is 12.1. The largest absolute Gasteiger partial charge is 0.356 e. The summed E-state index contributed by atoms with van der Waals surface area (Å²) in [5.74, 6) is -0.314. The molecule has 0 bridgehead atoms. The van der Waals surface area contributed by atoms with Crippen molar-refractivity contribution in [3.05, 3.63) is 33.8 Å². The lowest BCUT2D eigenvalue weighted by Gasteiger charge is -2.11. The van der Waals surface area contributed by atoms with E-state index in [4.69, 9.17) is 23.2 Å². The van der Waals surface area contributed by atoms with E-state index >= 15 is 0 Å². The van der Waals surface area contributed by atoms with Gasteiger partial charge in [0.05, 0.1) is 11.8 Å². The molecular formula is C18H22Cl2N2O2. The molecule has 0 aromatic heterocycles. The van der Waals surface area contributed by atoms with Crippen LogP contribution in [0.3, 0.4) is 0 Å². The molecule has 2 N–H and O–H groups in total. The molecule has 4 nitrogen and oxygen atoms in total. The average molecular weight is 369 g/mol. The first-order chi connectivity index (χ1) is 11.5. The highest BCUT2D eigenvalue weighted by atomic mass is 35.5. The van der Waals surface area contributed by atoms with E-state index in [1.807, 2.05) is 6.07 Å². The summed E-state index contributed by atoms with van der Waals surface area (Å²) in [4.78, 5) is 24.3. The molecule has 2 aliphatic rings. The summed E-state index contributed by atoms with van der Waals surface area (Å²) in [5, 5.41) is 7.18. The van der Waals surface area contributed by atoms with Gasteiger partial charge in [0.2, 0.25) is 11.8 Å². The van der Waals surface area contributed by atoms with E-state index in [1.54, 1.807) is 12.1 Å². The Morgan fingerprint density at radius 3 is 2.50 bits per heavy atom. The first kappa shape index (κ1) is 17.6. The van der Waals surface area contributed by atoms with Crippen molar-refractivity contribution in [1.29, 1.82) is 0 Å². The fraction of sp³-hybridized carbons (Fsp3) is 0.556. The third-order valence-electron chi connectivity index (χ3n) is 4.87. The molecule has 2 aliphatic carbocycles. The number of hydrogen-bond donors (Lipinski definition) is 2. The van der Waals surface area contributed by atoms with Crippen molar-refractivity contribution in [3.8, 4) is 0 Å². The molecule has 2 unspecified atom stereocenters. The van der Waals surface area contributed by atoms with Gasteiger partial charge in [-0.05, 0) is 43.4 Å². The Morgan fingerprint density at radius 2 is 1.79 bits per heavy atom. The molecule has 130 valence electrons. The summed E-state index contributed by atoms with van der Waals surface area (Å²) < 4.78 is 0. The molecule has 2 fully saturated rings. The Morgan fingerprint density at radius 1 is 1.08 bits per heavy atom. The van der Waals surface area contributed by atoms with Crippen LogP contribution in [-0.4, -0.2) is 24.4 Å². The second-order valence-electron chi connectivity index (χ2n) is 6.72. The van der Waals surface area contributed by atoms with Crippen LogP contribution in [0.1, 0.15) is 37.7 Å². The van der Waals surface area contributed by atoms with Crippen LogP contribution in [0.4, 0.5) is 0 Å². The Kier molecular flexibility index (Phi) is 5.67. The summed E-state index contributed by atoms with van der Waals surface area (Å²) in [6.45, 7) is 0.508. The molecule has 2 saturated carbocycles. The van der Waals surface area contributed by atoms with Crippen molar-refractivity contribution in [3.63, 3.8) is 0 Å².